The molecule has 0 amide bonds. The van der Waals surface area contributed by atoms with Gasteiger partial charge >= 0.3 is 5.97 Å². The number of fused-ring (bicyclic) bond motifs is 1. The Morgan fingerprint density at radius 1 is 1.13 bits per heavy atom. The number of alkyl halides is 1. The van der Waals surface area contributed by atoms with E-state index in [0.29, 0.717) is 17.7 Å². The van der Waals surface area contributed by atoms with Gasteiger partial charge in [-0.2, -0.15) is 0 Å². The van der Waals surface area contributed by atoms with Crippen LogP contribution in [0.25, 0.3) is 0 Å². The Bertz CT molecular complexity index is 912. The molecule has 1 heterocycles. The third-order valence-corrected chi connectivity index (χ3v) is 6.20. The van der Waals surface area contributed by atoms with E-state index in [9.17, 15) is 4.79 Å². The predicted molar refractivity (Wildman–Crippen MR) is 120 cm³/mol. The van der Waals surface area contributed by atoms with E-state index in [1.54, 1.807) is 12.1 Å². The van der Waals surface area contributed by atoms with Gasteiger partial charge in [0.05, 0.1) is 16.8 Å². The first-order chi connectivity index (χ1) is 14.5. The van der Waals surface area contributed by atoms with E-state index < -0.39 is 11.3 Å². The molecule has 0 bridgehead atoms. The van der Waals surface area contributed by atoms with Crippen molar-refractivity contribution in [3.63, 3.8) is 0 Å². The minimum absolute atomic E-state index is 0.221. The zero-order valence-electron chi connectivity index (χ0n) is 19.8. The number of esters is 1. The summed E-state index contributed by atoms with van der Waals surface area (Å²) in [4.78, 5) is 12.4. The van der Waals surface area contributed by atoms with Crippen LogP contribution in [-0.2, 0) is 28.8 Å². The highest BCUT2D eigenvalue weighted by Crippen LogP contribution is 2.39. The molecule has 0 fully saturated rings. The largest absolute Gasteiger partial charge is 0.456 e. The van der Waals surface area contributed by atoms with Gasteiger partial charge < -0.3 is 4.74 Å². The van der Waals surface area contributed by atoms with Crippen molar-refractivity contribution in [2.75, 3.05) is 0 Å². The highest BCUT2D eigenvalue weighted by molar-refractivity contribution is 5.89. The third kappa shape index (κ3) is 5.34. The molecule has 1 unspecified atom stereocenters. The van der Waals surface area contributed by atoms with Crippen LogP contribution < -0.4 is 0 Å². The van der Waals surface area contributed by atoms with Gasteiger partial charge in [-0.05, 0) is 84.4 Å². The number of benzene rings is 1. The zero-order valence-corrected chi connectivity index (χ0v) is 19.8. The minimum Gasteiger partial charge on any atom is -0.456 e. The van der Waals surface area contributed by atoms with E-state index >= 15 is 4.39 Å². The number of nitrogens with zero attached hydrogens (tertiary/aromatic N) is 3. The fourth-order valence-electron chi connectivity index (χ4n) is 4.04. The number of aromatic nitrogens is 3. The van der Waals surface area contributed by atoms with Crippen LogP contribution in [0.4, 0.5) is 4.39 Å². The maximum Gasteiger partial charge on any atom is 0.338 e. The lowest BCUT2D eigenvalue weighted by Gasteiger charge is -2.28. The maximum atomic E-state index is 16.4. The van der Waals surface area contributed by atoms with E-state index in [0.717, 1.165) is 43.4 Å². The van der Waals surface area contributed by atoms with Crippen molar-refractivity contribution in [3.8, 4) is 0 Å². The van der Waals surface area contributed by atoms with Crippen molar-refractivity contribution >= 4 is 5.97 Å². The standard InChI is InChI=1S/C25H36FN3O2/c1-7-24(5,6)31-22(30)19-14-12-18(13-15-19)17-25(26)16-10-8-9-11-20-21(25)27-28-29(20)23(2,3)4/h12-15H,7-11,16-17H2,1-6H3. The number of carbonyl (C=O) groups excluding carboxylic acids is 1. The fourth-order valence-corrected chi connectivity index (χ4v) is 4.04. The summed E-state index contributed by atoms with van der Waals surface area (Å²) in [5, 5.41) is 8.67. The molecular formula is C25H36FN3O2. The molecular weight excluding hydrogens is 393 g/mol. The normalized spacial score (nSPS) is 20.0. The highest BCUT2D eigenvalue weighted by Gasteiger charge is 2.40. The molecule has 5 nitrogen and oxygen atoms in total. The van der Waals surface area contributed by atoms with E-state index in [1.165, 1.54) is 0 Å². The topological polar surface area (TPSA) is 57.0 Å². The van der Waals surface area contributed by atoms with Crippen molar-refractivity contribution in [1.29, 1.82) is 0 Å². The first kappa shape index (κ1) is 23.4. The van der Waals surface area contributed by atoms with Gasteiger partial charge in [0.15, 0.2) is 5.67 Å². The van der Waals surface area contributed by atoms with E-state index in [4.69, 9.17) is 4.74 Å². The summed E-state index contributed by atoms with van der Waals surface area (Å²) in [5.74, 6) is -0.352. The molecule has 1 aromatic carbocycles. The first-order valence-electron chi connectivity index (χ1n) is 11.4. The van der Waals surface area contributed by atoms with Gasteiger partial charge in [0.2, 0.25) is 0 Å². The SMILES string of the molecule is CCC(C)(C)OC(=O)c1ccc(CC2(F)CCCCCc3c2nnn3C(C)(C)C)cc1. The van der Waals surface area contributed by atoms with Crippen molar-refractivity contribution in [2.24, 2.45) is 0 Å². The summed E-state index contributed by atoms with van der Waals surface area (Å²) in [5.41, 5.74) is 0.403. The van der Waals surface area contributed by atoms with Crippen LogP contribution in [0.3, 0.4) is 0 Å². The number of hydrogen-bond donors (Lipinski definition) is 0. The molecule has 0 radical (unpaired) electrons. The molecule has 3 rings (SSSR count). The monoisotopic (exact) mass is 429 g/mol. The number of halogens is 1. The zero-order chi connectivity index (χ0) is 22.9. The molecule has 2 aromatic rings. The lowest BCUT2D eigenvalue weighted by Crippen LogP contribution is -2.30. The van der Waals surface area contributed by atoms with Gasteiger partial charge in [-0.3, -0.25) is 0 Å². The molecule has 1 aromatic heterocycles. The fraction of sp³-hybridized carbons (Fsp3) is 0.640. The molecule has 170 valence electrons. The molecule has 31 heavy (non-hydrogen) atoms. The molecule has 0 saturated carbocycles. The molecule has 0 N–H and O–H groups in total. The summed E-state index contributed by atoms with van der Waals surface area (Å²) in [6.07, 6.45) is 5.03. The van der Waals surface area contributed by atoms with Crippen molar-refractivity contribution < 1.29 is 13.9 Å². The average molecular weight is 430 g/mol. The van der Waals surface area contributed by atoms with Crippen LogP contribution in [0, 0.1) is 0 Å². The van der Waals surface area contributed by atoms with Gasteiger partial charge in [-0.25, -0.2) is 13.9 Å². The van der Waals surface area contributed by atoms with Crippen molar-refractivity contribution in [3.05, 3.63) is 46.8 Å². The highest BCUT2D eigenvalue weighted by atomic mass is 19.1. The molecule has 1 aliphatic carbocycles. The van der Waals surface area contributed by atoms with E-state index in [2.05, 4.69) is 31.1 Å². The summed E-state index contributed by atoms with van der Waals surface area (Å²) < 4.78 is 23.9. The summed E-state index contributed by atoms with van der Waals surface area (Å²) in [6.45, 7) is 12.0. The van der Waals surface area contributed by atoms with Crippen LogP contribution in [-0.4, -0.2) is 26.6 Å². The number of hydrogen-bond acceptors (Lipinski definition) is 4. The van der Waals surface area contributed by atoms with Crippen LogP contribution >= 0.6 is 0 Å². The van der Waals surface area contributed by atoms with Gasteiger partial charge in [0.25, 0.3) is 0 Å². The Morgan fingerprint density at radius 2 is 1.81 bits per heavy atom. The minimum atomic E-state index is -1.56. The van der Waals surface area contributed by atoms with Crippen LogP contribution in [0.5, 0.6) is 0 Å². The Balaban J connectivity index is 1.85. The van der Waals surface area contributed by atoms with Gasteiger partial charge in [0, 0.05) is 6.42 Å². The quantitative estimate of drug-likeness (QED) is 0.555. The molecule has 0 spiro atoms. The summed E-state index contributed by atoms with van der Waals surface area (Å²) in [7, 11) is 0. The summed E-state index contributed by atoms with van der Waals surface area (Å²) in [6, 6.07) is 7.10. The lowest BCUT2D eigenvalue weighted by atomic mass is 9.84. The average Bonchev–Trinajstić information content (AvgIpc) is 3.11. The van der Waals surface area contributed by atoms with Crippen molar-refractivity contribution in [2.45, 2.75) is 103 Å². The van der Waals surface area contributed by atoms with Crippen LogP contribution in [0.15, 0.2) is 24.3 Å². The lowest BCUT2D eigenvalue weighted by molar-refractivity contribution is -0.00243. The molecule has 1 aliphatic rings. The number of rotatable bonds is 5. The smallest absolute Gasteiger partial charge is 0.338 e. The second kappa shape index (κ2) is 8.71. The van der Waals surface area contributed by atoms with Gasteiger partial charge in [0.1, 0.15) is 11.3 Å². The number of carbonyl (C=O) groups is 1. The second-order valence-electron chi connectivity index (χ2n) is 10.4. The second-order valence-corrected chi connectivity index (χ2v) is 10.4. The van der Waals surface area contributed by atoms with E-state index in [1.807, 2.05) is 37.6 Å². The Kier molecular flexibility index (Phi) is 6.59. The summed E-state index contributed by atoms with van der Waals surface area (Å²) >= 11 is 0. The van der Waals surface area contributed by atoms with E-state index in [-0.39, 0.29) is 17.9 Å². The van der Waals surface area contributed by atoms with Gasteiger partial charge in [-0.15, -0.1) is 5.10 Å². The third-order valence-electron chi connectivity index (χ3n) is 6.20. The molecule has 6 heteroatoms. The maximum absolute atomic E-state index is 16.4. The first-order valence-corrected chi connectivity index (χ1v) is 11.4. The molecule has 0 aliphatic heterocycles. The van der Waals surface area contributed by atoms with Crippen LogP contribution in [0.2, 0.25) is 0 Å². The molecule has 1 atom stereocenters. The Hall–Kier alpha value is -2.24. The molecule has 0 saturated heterocycles. The van der Waals surface area contributed by atoms with Crippen LogP contribution in [0.1, 0.15) is 101 Å². The number of ether oxygens (including phenoxy) is 1. The van der Waals surface area contributed by atoms with Gasteiger partial charge in [-0.1, -0.05) is 30.7 Å². The predicted octanol–water partition coefficient (Wildman–Crippen LogP) is 5.90. The van der Waals surface area contributed by atoms with Crippen molar-refractivity contribution in [1.82, 2.24) is 15.0 Å². The Morgan fingerprint density at radius 3 is 2.42 bits per heavy atom. The Labute approximate surface area is 185 Å².